The van der Waals surface area contributed by atoms with Gasteiger partial charge in [-0.15, -0.1) is 0 Å². The molecule has 0 aliphatic rings. The average molecular weight is 350 g/mol. The number of anilines is 1. The van der Waals surface area contributed by atoms with Crippen molar-refractivity contribution in [3.8, 4) is 0 Å². The Morgan fingerprint density at radius 1 is 0.944 bits per heavy atom. The summed E-state index contributed by atoms with van der Waals surface area (Å²) in [6.07, 6.45) is 1.89. The van der Waals surface area contributed by atoms with Crippen molar-refractivity contribution in [2.75, 3.05) is 19.0 Å². The predicted molar refractivity (Wildman–Crippen MR) is 87.2 cm³/mol. The predicted octanol–water partition coefficient (Wildman–Crippen LogP) is 4.11. The molecule has 0 aromatic heterocycles. The van der Waals surface area contributed by atoms with Gasteiger partial charge in [-0.25, -0.2) is 0 Å². The third-order valence-corrected chi connectivity index (χ3v) is 3.32. The molecule has 2 aromatic rings. The average Bonchev–Trinajstić information content (AvgIpc) is 2.38. The Labute approximate surface area is 122 Å². The Hall–Kier alpha value is -1.36. The lowest BCUT2D eigenvalue weighted by Crippen LogP contribution is -2.08. The maximum Gasteiger partial charge on any atom is 0.0630 e. The molecule has 0 aliphatic heterocycles. The quantitative estimate of drug-likeness (QED) is 0.601. The number of aliphatic imine (C=N–C) groups is 1. The lowest BCUT2D eigenvalue weighted by atomic mass is 10.2. The number of nitrogens with zero attached hydrogens (tertiary/aromatic N) is 2. The van der Waals surface area contributed by atoms with Crippen LogP contribution in [0.4, 0.5) is 11.4 Å². The van der Waals surface area contributed by atoms with E-state index in [1.54, 1.807) is 0 Å². The molecule has 0 saturated heterocycles. The summed E-state index contributed by atoms with van der Waals surface area (Å²) in [5.74, 6) is 0. The highest BCUT2D eigenvalue weighted by molar-refractivity contribution is 14.1. The van der Waals surface area contributed by atoms with E-state index in [1.807, 2.05) is 32.4 Å². The van der Waals surface area contributed by atoms with Gasteiger partial charge in [0.2, 0.25) is 0 Å². The summed E-state index contributed by atoms with van der Waals surface area (Å²) in [5.41, 5.74) is 3.28. The first-order valence-corrected chi connectivity index (χ1v) is 6.80. The summed E-state index contributed by atoms with van der Waals surface area (Å²) >= 11 is 2.29. The van der Waals surface area contributed by atoms with Gasteiger partial charge in [-0.05, 0) is 64.6 Å². The van der Waals surface area contributed by atoms with Gasteiger partial charge in [0.05, 0.1) is 5.69 Å². The van der Waals surface area contributed by atoms with E-state index in [0.29, 0.717) is 0 Å². The molecule has 0 heterocycles. The molecule has 0 fully saturated rings. The summed E-state index contributed by atoms with van der Waals surface area (Å²) in [4.78, 5) is 6.53. The molecule has 0 bridgehead atoms. The Morgan fingerprint density at radius 2 is 1.56 bits per heavy atom. The fourth-order valence-corrected chi connectivity index (χ4v) is 1.89. The van der Waals surface area contributed by atoms with Crippen LogP contribution >= 0.6 is 22.6 Å². The van der Waals surface area contributed by atoms with Crippen LogP contribution in [0, 0.1) is 3.57 Å². The summed E-state index contributed by atoms with van der Waals surface area (Å²) in [6.45, 7) is 0. The first-order valence-electron chi connectivity index (χ1n) is 5.72. The van der Waals surface area contributed by atoms with Crippen molar-refractivity contribution in [1.82, 2.24) is 0 Å². The molecule has 18 heavy (non-hydrogen) atoms. The van der Waals surface area contributed by atoms with Gasteiger partial charge in [0, 0.05) is 29.6 Å². The van der Waals surface area contributed by atoms with Gasteiger partial charge in [0.1, 0.15) is 0 Å². The lowest BCUT2D eigenvalue weighted by Gasteiger charge is -2.11. The van der Waals surface area contributed by atoms with Gasteiger partial charge < -0.3 is 4.90 Å². The van der Waals surface area contributed by atoms with Crippen molar-refractivity contribution in [3.63, 3.8) is 0 Å². The van der Waals surface area contributed by atoms with Crippen LogP contribution in [-0.4, -0.2) is 20.3 Å². The molecular weight excluding hydrogens is 335 g/mol. The van der Waals surface area contributed by atoms with Gasteiger partial charge in [0.15, 0.2) is 0 Å². The van der Waals surface area contributed by atoms with Crippen molar-refractivity contribution < 1.29 is 0 Å². The number of benzene rings is 2. The van der Waals surface area contributed by atoms with Crippen molar-refractivity contribution in [3.05, 3.63) is 57.7 Å². The van der Waals surface area contributed by atoms with E-state index in [-0.39, 0.29) is 0 Å². The van der Waals surface area contributed by atoms with Crippen molar-refractivity contribution in [2.24, 2.45) is 4.99 Å². The third kappa shape index (κ3) is 3.57. The minimum atomic E-state index is 0.979. The smallest absolute Gasteiger partial charge is 0.0630 e. The van der Waals surface area contributed by atoms with Gasteiger partial charge >= 0.3 is 0 Å². The number of halogens is 1. The second-order valence-corrected chi connectivity index (χ2v) is 5.47. The molecule has 0 unspecified atom stereocenters. The second-order valence-electron chi connectivity index (χ2n) is 4.22. The zero-order valence-electron chi connectivity index (χ0n) is 10.5. The number of hydrogen-bond donors (Lipinski definition) is 0. The largest absolute Gasteiger partial charge is 0.378 e. The zero-order chi connectivity index (χ0) is 13.0. The monoisotopic (exact) mass is 350 g/mol. The standard InChI is InChI=1S/C15H15IN2/c1-18(2)15-9-3-12(4-10-15)11-17-14-7-5-13(16)6-8-14/h3-11H,1-2H3. The van der Waals surface area contributed by atoms with Gasteiger partial charge in [-0.3, -0.25) is 4.99 Å². The van der Waals surface area contributed by atoms with Crippen LogP contribution in [0.2, 0.25) is 0 Å². The summed E-state index contributed by atoms with van der Waals surface area (Å²) in [6, 6.07) is 16.5. The lowest BCUT2D eigenvalue weighted by molar-refractivity contribution is 1.13. The first-order chi connectivity index (χ1) is 8.65. The molecule has 0 saturated carbocycles. The number of rotatable bonds is 3. The normalized spacial score (nSPS) is 10.8. The summed E-state index contributed by atoms with van der Waals surface area (Å²) < 4.78 is 1.22. The maximum absolute atomic E-state index is 4.45. The van der Waals surface area contributed by atoms with E-state index >= 15 is 0 Å². The Bertz CT molecular complexity index is 527. The highest BCUT2D eigenvalue weighted by Crippen LogP contribution is 2.15. The molecule has 2 nitrogen and oxygen atoms in total. The molecule has 92 valence electrons. The van der Waals surface area contributed by atoms with E-state index in [9.17, 15) is 0 Å². The van der Waals surface area contributed by atoms with Crippen molar-refractivity contribution in [1.29, 1.82) is 0 Å². The molecular formula is C15H15IN2. The van der Waals surface area contributed by atoms with Crippen LogP contribution in [0.15, 0.2) is 53.5 Å². The summed E-state index contributed by atoms with van der Waals surface area (Å²) in [5, 5.41) is 0. The fourth-order valence-electron chi connectivity index (χ4n) is 1.53. The molecule has 2 rings (SSSR count). The highest BCUT2D eigenvalue weighted by Gasteiger charge is 1.94. The molecule has 2 aromatic carbocycles. The fraction of sp³-hybridized carbons (Fsp3) is 0.133. The Morgan fingerprint density at radius 3 is 2.11 bits per heavy atom. The van der Waals surface area contributed by atoms with Crippen LogP contribution in [0.1, 0.15) is 5.56 Å². The zero-order valence-corrected chi connectivity index (χ0v) is 12.6. The molecule has 3 heteroatoms. The van der Waals surface area contributed by atoms with E-state index in [4.69, 9.17) is 0 Å². The first kappa shape index (κ1) is 13.1. The molecule has 0 aliphatic carbocycles. The van der Waals surface area contributed by atoms with Crippen LogP contribution in [0.25, 0.3) is 0 Å². The topological polar surface area (TPSA) is 15.6 Å². The SMILES string of the molecule is CN(C)c1ccc(C=Nc2ccc(I)cc2)cc1. The molecule has 0 amide bonds. The van der Waals surface area contributed by atoms with Crippen molar-refractivity contribution >= 4 is 40.2 Å². The van der Waals surface area contributed by atoms with E-state index in [1.165, 1.54) is 9.26 Å². The van der Waals surface area contributed by atoms with E-state index in [0.717, 1.165) is 11.3 Å². The second kappa shape index (κ2) is 6.00. The molecule has 0 N–H and O–H groups in total. The third-order valence-electron chi connectivity index (χ3n) is 2.60. The molecule has 0 spiro atoms. The molecule has 0 radical (unpaired) electrons. The minimum absolute atomic E-state index is 0.979. The molecule has 0 atom stereocenters. The van der Waals surface area contributed by atoms with Crippen LogP contribution in [0.3, 0.4) is 0 Å². The van der Waals surface area contributed by atoms with E-state index in [2.05, 4.69) is 68.9 Å². The van der Waals surface area contributed by atoms with Crippen LogP contribution < -0.4 is 4.90 Å². The van der Waals surface area contributed by atoms with Crippen molar-refractivity contribution in [2.45, 2.75) is 0 Å². The van der Waals surface area contributed by atoms with E-state index < -0.39 is 0 Å². The van der Waals surface area contributed by atoms with Gasteiger partial charge in [-0.2, -0.15) is 0 Å². The minimum Gasteiger partial charge on any atom is -0.378 e. The highest BCUT2D eigenvalue weighted by atomic mass is 127. The van der Waals surface area contributed by atoms with Crippen LogP contribution in [0.5, 0.6) is 0 Å². The summed E-state index contributed by atoms with van der Waals surface area (Å²) in [7, 11) is 4.07. The number of hydrogen-bond acceptors (Lipinski definition) is 2. The Balaban J connectivity index is 2.11. The van der Waals surface area contributed by atoms with Gasteiger partial charge in [-0.1, -0.05) is 12.1 Å². The van der Waals surface area contributed by atoms with Gasteiger partial charge in [0.25, 0.3) is 0 Å². The van der Waals surface area contributed by atoms with Crippen LogP contribution in [-0.2, 0) is 0 Å². The Kier molecular flexibility index (Phi) is 4.36. The maximum atomic E-state index is 4.45.